The van der Waals surface area contributed by atoms with Crippen LogP contribution in [-0.4, -0.2) is 43.8 Å². The van der Waals surface area contributed by atoms with Gasteiger partial charge in [-0.15, -0.1) is 24.0 Å². The Morgan fingerprint density at radius 2 is 1.72 bits per heavy atom. The number of rotatable bonds is 6. The fourth-order valence-corrected chi connectivity index (χ4v) is 4.86. The molecule has 0 aliphatic carbocycles. The van der Waals surface area contributed by atoms with Crippen LogP contribution in [0.2, 0.25) is 0 Å². The van der Waals surface area contributed by atoms with Gasteiger partial charge in [0.15, 0.2) is 5.96 Å². The molecule has 0 amide bonds. The van der Waals surface area contributed by atoms with Crippen LogP contribution in [-0.2, 0) is 28.5 Å². The maximum Gasteiger partial charge on any atom is 0.243 e. The van der Waals surface area contributed by atoms with E-state index in [0.29, 0.717) is 42.9 Å². The zero-order chi connectivity index (χ0) is 22.5. The molecular formula is C22H34IN5O3S. The minimum Gasteiger partial charge on any atom is -0.443 e. The van der Waals surface area contributed by atoms with Gasteiger partial charge in [0.25, 0.3) is 0 Å². The highest BCUT2D eigenvalue weighted by Crippen LogP contribution is 2.23. The lowest BCUT2D eigenvalue weighted by molar-refractivity contribution is 0.346. The van der Waals surface area contributed by atoms with Gasteiger partial charge in [-0.3, -0.25) is 4.99 Å². The molecule has 3 rings (SSSR count). The number of nitrogens with zero attached hydrogens (tertiary/aromatic N) is 3. The topological polar surface area (TPSA) is 99.8 Å². The summed E-state index contributed by atoms with van der Waals surface area (Å²) in [6.07, 6.45) is 4.71. The lowest BCUT2D eigenvalue weighted by Crippen LogP contribution is -2.36. The number of piperidine rings is 1. The zero-order valence-electron chi connectivity index (χ0n) is 19.2. The van der Waals surface area contributed by atoms with E-state index in [1.54, 1.807) is 29.7 Å². The van der Waals surface area contributed by atoms with Crippen LogP contribution in [0.25, 0.3) is 0 Å². The number of halogens is 1. The van der Waals surface area contributed by atoms with Crippen LogP contribution in [0.4, 0.5) is 0 Å². The van der Waals surface area contributed by atoms with Crippen molar-refractivity contribution in [2.45, 2.75) is 63.4 Å². The molecule has 1 saturated heterocycles. The van der Waals surface area contributed by atoms with Gasteiger partial charge in [0.2, 0.25) is 15.9 Å². The van der Waals surface area contributed by atoms with Gasteiger partial charge in [0.05, 0.1) is 17.6 Å². The van der Waals surface area contributed by atoms with E-state index >= 15 is 0 Å². The molecule has 1 aromatic carbocycles. The van der Waals surface area contributed by atoms with Crippen LogP contribution in [0.15, 0.2) is 44.8 Å². The molecule has 1 aliphatic rings. The van der Waals surface area contributed by atoms with Crippen LogP contribution in [0.3, 0.4) is 0 Å². The van der Waals surface area contributed by atoms with E-state index in [0.717, 1.165) is 30.6 Å². The lowest BCUT2D eigenvalue weighted by Gasteiger charge is -2.25. The Hall–Kier alpha value is -1.66. The smallest absolute Gasteiger partial charge is 0.243 e. The molecule has 0 spiro atoms. The van der Waals surface area contributed by atoms with Crippen molar-refractivity contribution in [2.24, 2.45) is 4.99 Å². The van der Waals surface area contributed by atoms with E-state index in [2.05, 4.69) is 41.4 Å². The molecule has 178 valence electrons. The normalized spacial score (nSPS) is 15.8. The van der Waals surface area contributed by atoms with Crippen LogP contribution < -0.4 is 10.6 Å². The number of hydrogen-bond donors (Lipinski definition) is 2. The molecule has 32 heavy (non-hydrogen) atoms. The molecule has 1 aliphatic heterocycles. The van der Waals surface area contributed by atoms with Crippen LogP contribution >= 0.6 is 24.0 Å². The van der Waals surface area contributed by atoms with Crippen LogP contribution in [0.5, 0.6) is 0 Å². The Bertz CT molecular complexity index is 991. The van der Waals surface area contributed by atoms with E-state index in [4.69, 9.17) is 4.42 Å². The van der Waals surface area contributed by atoms with Gasteiger partial charge in [0.1, 0.15) is 5.76 Å². The number of oxazole rings is 1. The predicted molar refractivity (Wildman–Crippen MR) is 137 cm³/mol. The van der Waals surface area contributed by atoms with Crippen LogP contribution in [0, 0.1) is 0 Å². The van der Waals surface area contributed by atoms with Gasteiger partial charge in [-0.05, 0) is 30.5 Å². The van der Waals surface area contributed by atoms with Crippen molar-refractivity contribution >= 4 is 40.0 Å². The average molecular weight is 576 g/mol. The summed E-state index contributed by atoms with van der Waals surface area (Å²) in [5.74, 6) is 2.05. The molecule has 1 aromatic heterocycles. The largest absolute Gasteiger partial charge is 0.443 e. The number of sulfonamides is 1. The van der Waals surface area contributed by atoms with Crippen molar-refractivity contribution < 1.29 is 12.8 Å². The van der Waals surface area contributed by atoms with Crippen molar-refractivity contribution in [1.82, 2.24) is 19.9 Å². The standard InChI is InChI=1S/C22H33N5O3S.HI/c1-22(2,3)19-15-24-20(30-19)16-26-21(23-4)25-14-17-8-10-18(11-9-17)31(28,29)27-12-6-5-7-13-27;/h8-11,15H,5-7,12-14,16H2,1-4H3,(H2,23,25,26);1H. The second-order valence-electron chi connectivity index (χ2n) is 8.76. The summed E-state index contributed by atoms with van der Waals surface area (Å²) in [6.45, 7) is 8.38. The van der Waals surface area contributed by atoms with Crippen molar-refractivity contribution in [3.63, 3.8) is 0 Å². The summed E-state index contributed by atoms with van der Waals surface area (Å²) in [6, 6.07) is 7.03. The van der Waals surface area contributed by atoms with Crippen molar-refractivity contribution in [2.75, 3.05) is 20.1 Å². The first-order valence-electron chi connectivity index (χ1n) is 10.7. The molecule has 0 radical (unpaired) electrons. The van der Waals surface area contributed by atoms with Crippen molar-refractivity contribution in [1.29, 1.82) is 0 Å². The van der Waals surface area contributed by atoms with Crippen molar-refractivity contribution in [3.05, 3.63) is 47.7 Å². The number of guanidine groups is 1. The molecule has 0 unspecified atom stereocenters. The van der Waals surface area contributed by atoms with Gasteiger partial charge in [-0.1, -0.05) is 39.3 Å². The molecule has 0 saturated carbocycles. The number of aromatic nitrogens is 1. The minimum absolute atomic E-state index is 0. The third-order valence-electron chi connectivity index (χ3n) is 5.26. The summed E-state index contributed by atoms with van der Waals surface area (Å²) in [4.78, 5) is 8.87. The summed E-state index contributed by atoms with van der Waals surface area (Å²) in [5, 5.41) is 6.40. The highest BCUT2D eigenvalue weighted by atomic mass is 127. The van der Waals surface area contributed by atoms with E-state index in [1.165, 1.54) is 0 Å². The van der Waals surface area contributed by atoms with Gasteiger partial charge in [-0.2, -0.15) is 4.31 Å². The Balaban J connectivity index is 0.00000363. The third kappa shape index (κ3) is 6.92. The molecule has 2 N–H and O–H groups in total. The Kier molecular flexibility index (Phi) is 9.53. The Labute approximate surface area is 208 Å². The van der Waals surface area contributed by atoms with Crippen LogP contribution in [0.1, 0.15) is 57.2 Å². The van der Waals surface area contributed by atoms with E-state index < -0.39 is 10.0 Å². The van der Waals surface area contributed by atoms with Gasteiger partial charge in [-0.25, -0.2) is 13.4 Å². The number of nitrogens with one attached hydrogen (secondary N) is 2. The van der Waals surface area contributed by atoms with Gasteiger partial charge >= 0.3 is 0 Å². The molecule has 2 heterocycles. The molecular weight excluding hydrogens is 541 g/mol. The van der Waals surface area contributed by atoms with Crippen molar-refractivity contribution in [3.8, 4) is 0 Å². The second-order valence-corrected chi connectivity index (χ2v) is 10.7. The first-order chi connectivity index (χ1) is 14.7. The monoisotopic (exact) mass is 575 g/mol. The number of hydrogen-bond acceptors (Lipinski definition) is 5. The quantitative estimate of drug-likeness (QED) is 0.310. The molecule has 2 aromatic rings. The third-order valence-corrected chi connectivity index (χ3v) is 7.17. The molecule has 1 fully saturated rings. The Morgan fingerprint density at radius 3 is 2.28 bits per heavy atom. The van der Waals surface area contributed by atoms with E-state index in [-0.39, 0.29) is 29.4 Å². The summed E-state index contributed by atoms with van der Waals surface area (Å²) in [5.41, 5.74) is 0.880. The fourth-order valence-electron chi connectivity index (χ4n) is 3.34. The fraction of sp³-hybridized carbons (Fsp3) is 0.545. The van der Waals surface area contributed by atoms with E-state index in [9.17, 15) is 8.42 Å². The van der Waals surface area contributed by atoms with E-state index in [1.807, 2.05) is 12.1 Å². The first-order valence-corrected chi connectivity index (χ1v) is 12.1. The lowest BCUT2D eigenvalue weighted by atomic mass is 9.94. The SMILES string of the molecule is CN=C(NCc1ccc(S(=O)(=O)N2CCCCC2)cc1)NCc1ncc(C(C)(C)C)o1.I. The summed E-state index contributed by atoms with van der Waals surface area (Å²) < 4.78 is 32.9. The average Bonchev–Trinajstić information content (AvgIpc) is 3.24. The number of aliphatic imine (C=N–C) groups is 1. The van der Waals surface area contributed by atoms with Gasteiger partial charge in [0, 0.05) is 32.1 Å². The molecule has 0 atom stereocenters. The maximum atomic E-state index is 12.8. The molecule has 8 nitrogen and oxygen atoms in total. The highest BCUT2D eigenvalue weighted by Gasteiger charge is 2.25. The zero-order valence-corrected chi connectivity index (χ0v) is 22.4. The highest BCUT2D eigenvalue weighted by molar-refractivity contribution is 14.0. The summed E-state index contributed by atoms with van der Waals surface area (Å²) >= 11 is 0. The summed E-state index contributed by atoms with van der Waals surface area (Å²) in [7, 11) is -1.71. The van der Waals surface area contributed by atoms with Gasteiger partial charge < -0.3 is 15.1 Å². The maximum absolute atomic E-state index is 12.8. The molecule has 10 heteroatoms. The number of benzene rings is 1. The second kappa shape index (κ2) is 11.5. The molecule has 0 bridgehead atoms. The first kappa shape index (κ1) is 26.6. The predicted octanol–water partition coefficient (Wildman–Crippen LogP) is 3.63. The Morgan fingerprint density at radius 1 is 1.09 bits per heavy atom. The minimum atomic E-state index is -3.40.